The van der Waals surface area contributed by atoms with Gasteiger partial charge >= 0.3 is 10.1 Å². The van der Waals surface area contributed by atoms with Crippen molar-refractivity contribution in [1.82, 2.24) is 10.4 Å². The van der Waals surface area contributed by atoms with Crippen molar-refractivity contribution in [2.45, 2.75) is 18.2 Å². The topological polar surface area (TPSA) is 107 Å². The molecule has 0 spiro atoms. The molecule has 9 heteroatoms. The highest BCUT2D eigenvalue weighted by atomic mass is 32.2. The van der Waals surface area contributed by atoms with Crippen molar-refractivity contribution in [3.05, 3.63) is 83.6 Å². The second kappa shape index (κ2) is 9.86. The van der Waals surface area contributed by atoms with Crippen LogP contribution < -0.4 is 14.3 Å². The second-order valence-corrected chi connectivity index (χ2v) is 8.09. The Labute approximate surface area is 180 Å². The zero-order valence-electron chi connectivity index (χ0n) is 17.0. The van der Waals surface area contributed by atoms with Crippen LogP contribution in [0.4, 0.5) is 0 Å². The van der Waals surface area contributed by atoms with Crippen LogP contribution in [0.3, 0.4) is 0 Å². The number of nitrogens with zero attached hydrogens (tertiary/aromatic N) is 2. The van der Waals surface area contributed by atoms with Crippen LogP contribution in [-0.2, 0) is 21.3 Å². The van der Waals surface area contributed by atoms with Crippen LogP contribution in [0.2, 0.25) is 0 Å². The van der Waals surface area contributed by atoms with E-state index in [0.29, 0.717) is 11.3 Å². The lowest BCUT2D eigenvalue weighted by atomic mass is 10.1. The highest BCUT2D eigenvalue weighted by Gasteiger charge is 2.18. The Kier molecular flexibility index (Phi) is 6.99. The zero-order chi connectivity index (χ0) is 22.3. The van der Waals surface area contributed by atoms with Gasteiger partial charge in [-0.25, -0.2) is 10.4 Å². The summed E-state index contributed by atoms with van der Waals surface area (Å²) in [7, 11) is -2.51. The first-order valence-corrected chi connectivity index (χ1v) is 10.7. The van der Waals surface area contributed by atoms with Crippen molar-refractivity contribution in [2.75, 3.05) is 7.11 Å². The molecule has 1 N–H and O–H groups in total. The van der Waals surface area contributed by atoms with Gasteiger partial charge in [-0.15, -0.1) is 0 Å². The zero-order valence-corrected chi connectivity index (χ0v) is 17.8. The number of pyridine rings is 1. The molecule has 3 rings (SSSR count). The van der Waals surface area contributed by atoms with Crippen LogP contribution in [0.1, 0.15) is 16.7 Å². The number of carbonyl (C=O) groups is 1. The molecule has 0 radical (unpaired) electrons. The first-order chi connectivity index (χ1) is 14.9. The molecular weight excluding hydrogens is 418 g/mol. The van der Waals surface area contributed by atoms with E-state index in [9.17, 15) is 13.2 Å². The fourth-order valence-corrected chi connectivity index (χ4v) is 3.58. The summed E-state index contributed by atoms with van der Waals surface area (Å²) in [5.74, 6) is 0.322. The average molecular weight is 439 g/mol. The molecule has 3 aromatic rings. The summed E-state index contributed by atoms with van der Waals surface area (Å²) in [6.45, 7) is 1.80. The van der Waals surface area contributed by atoms with E-state index in [4.69, 9.17) is 8.92 Å². The molecule has 31 heavy (non-hydrogen) atoms. The quantitative estimate of drug-likeness (QED) is 0.329. The van der Waals surface area contributed by atoms with Crippen molar-refractivity contribution in [3.63, 3.8) is 0 Å². The second-order valence-electron chi connectivity index (χ2n) is 6.55. The Bertz CT molecular complexity index is 1190. The first kappa shape index (κ1) is 22.0. The normalized spacial score (nSPS) is 11.3. The minimum atomic E-state index is -4.06. The number of hydrogen-bond acceptors (Lipinski definition) is 7. The number of amides is 1. The van der Waals surface area contributed by atoms with Crippen LogP contribution in [0, 0.1) is 6.92 Å². The van der Waals surface area contributed by atoms with E-state index in [1.54, 1.807) is 50.4 Å². The summed E-state index contributed by atoms with van der Waals surface area (Å²) in [5, 5.41) is 3.94. The van der Waals surface area contributed by atoms with Gasteiger partial charge in [-0.1, -0.05) is 24.3 Å². The van der Waals surface area contributed by atoms with Crippen LogP contribution >= 0.6 is 0 Å². The van der Waals surface area contributed by atoms with Gasteiger partial charge < -0.3 is 8.92 Å². The molecule has 0 aliphatic rings. The van der Waals surface area contributed by atoms with E-state index in [-0.39, 0.29) is 23.1 Å². The molecule has 1 aromatic heterocycles. The minimum Gasteiger partial charge on any atom is -0.497 e. The summed E-state index contributed by atoms with van der Waals surface area (Å²) in [5.41, 5.74) is 4.52. The Morgan fingerprint density at radius 1 is 1.13 bits per heavy atom. The minimum absolute atomic E-state index is 0.0249. The third-order valence-corrected chi connectivity index (χ3v) is 5.49. The molecule has 0 saturated heterocycles. The maximum atomic E-state index is 12.5. The number of aryl methyl sites for hydroxylation is 1. The molecule has 0 unspecified atom stereocenters. The first-order valence-electron chi connectivity index (χ1n) is 9.28. The molecular formula is C22H21N3O5S. The van der Waals surface area contributed by atoms with Gasteiger partial charge in [0.2, 0.25) is 11.8 Å². The Balaban J connectivity index is 1.68. The molecule has 0 aliphatic carbocycles. The summed E-state index contributed by atoms with van der Waals surface area (Å²) >= 11 is 0. The van der Waals surface area contributed by atoms with E-state index >= 15 is 0 Å². The fourth-order valence-electron chi connectivity index (χ4n) is 2.65. The number of methoxy groups -OCH3 is 1. The standard InChI is InChI=1S/C22H21N3O5S/c1-16-9-10-20(31(27,28)30-22-8-3-4-11-23-22)14-18(16)15-24-25-21(26)13-17-6-5-7-19(12-17)29-2/h3-12,14-15H,13H2,1-2H3,(H,25,26). The molecule has 1 heterocycles. The van der Waals surface area contributed by atoms with Crippen molar-refractivity contribution in [2.24, 2.45) is 5.10 Å². The van der Waals surface area contributed by atoms with Crippen LogP contribution in [0.15, 0.2) is 76.9 Å². The lowest BCUT2D eigenvalue weighted by Crippen LogP contribution is -2.19. The molecule has 0 saturated carbocycles. The van der Waals surface area contributed by atoms with Crippen LogP contribution in [0.5, 0.6) is 11.6 Å². The highest BCUT2D eigenvalue weighted by Crippen LogP contribution is 2.19. The summed E-state index contributed by atoms with van der Waals surface area (Å²) in [6, 6.07) is 16.4. The summed E-state index contributed by atoms with van der Waals surface area (Å²) < 4.78 is 35.2. The molecule has 2 aromatic carbocycles. The Morgan fingerprint density at radius 3 is 2.71 bits per heavy atom. The highest BCUT2D eigenvalue weighted by molar-refractivity contribution is 7.87. The smallest absolute Gasteiger partial charge is 0.340 e. The summed E-state index contributed by atoms with van der Waals surface area (Å²) in [4.78, 5) is 15.9. The number of carbonyl (C=O) groups excluding carboxylic acids is 1. The molecule has 0 atom stereocenters. The lowest BCUT2D eigenvalue weighted by Gasteiger charge is -2.08. The van der Waals surface area contributed by atoms with Gasteiger partial charge in [0, 0.05) is 12.3 Å². The number of hydrazone groups is 1. The van der Waals surface area contributed by atoms with Gasteiger partial charge in [-0.3, -0.25) is 4.79 Å². The number of hydrogen-bond donors (Lipinski definition) is 1. The van der Waals surface area contributed by atoms with Crippen LogP contribution in [-0.4, -0.2) is 32.6 Å². The van der Waals surface area contributed by atoms with Gasteiger partial charge in [0.1, 0.15) is 10.6 Å². The number of benzene rings is 2. The molecule has 8 nitrogen and oxygen atoms in total. The maximum Gasteiger partial charge on any atom is 0.340 e. The molecule has 0 aliphatic heterocycles. The fraction of sp³-hybridized carbons (Fsp3) is 0.136. The van der Waals surface area contributed by atoms with E-state index in [1.165, 1.54) is 30.6 Å². The monoisotopic (exact) mass is 439 g/mol. The van der Waals surface area contributed by atoms with Crippen LogP contribution in [0.25, 0.3) is 0 Å². The predicted octanol–water partition coefficient (Wildman–Crippen LogP) is 2.86. The van der Waals surface area contributed by atoms with Gasteiger partial charge in [-0.05, 0) is 53.9 Å². The predicted molar refractivity (Wildman–Crippen MR) is 116 cm³/mol. The Morgan fingerprint density at radius 2 is 1.97 bits per heavy atom. The lowest BCUT2D eigenvalue weighted by molar-refractivity contribution is -0.120. The molecule has 1 amide bonds. The van der Waals surface area contributed by atoms with E-state index in [1.807, 2.05) is 6.07 Å². The van der Waals surface area contributed by atoms with E-state index in [2.05, 4.69) is 15.5 Å². The van der Waals surface area contributed by atoms with E-state index < -0.39 is 10.1 Å². The number of aromatic nitrogens is 1. The number of nitrogens with one attached hydrogen (secondary N) is 1. The SMILES string of the molecule is COc1cccc(CC(=O)NN=Cc2cc(S(=O)(=O)Oc3ccccn3)ccc2C)c1. The molecule has 0 fully saturated rings. The average Bonchev–Trinajstić information content (AvgIpc) is 2.75. The number of rotatable bonds is 8. The Hall–Kier alpha value is -3.72. The summed E-state index contributed by atoms with van der Waals surface area (Å²) in [6.07, 6.45) is 2.95. The number of ether oxygens (including phenoxy) is 1. The maximum absolute atomic E-state index is 12.5. The van der Waals surface area contributed by atoms with Gasteiger partial charge in [-0.2, -0.15) is 13.5 Å². The molecule has 0 bridgehead atoms. The third kappa shape index (κ3) is 6.13. The van der Waals surface area contributed by atoms with Gasteiger partial charge in [0.15, 0.2) is 0 Å². The van der Waals surface area contributed by atoms with Gasteiger partial charge in [0.05, 0.1) is 19.7 Å². The van der Waals surface area contributed by atoms with Crippen molar-refractivity contribution in [3.8, 4) is 11.6 Å². The largest absolute Gasteiger partial charge is 0.497 e. The van der Waals surface area contributed by atoms with Gasteiger partial charge in [0.25, 0.3) is 0 Å². The van der Waals surface area contributed by atoms with Crippen molar-refractivity contribution in [1.29, 1.82) is 0 Å². The van der Waals surface area contributed by atoms with Crippen molar-refractivity contribution >= 4 is 22.2 Å². The molecule has 160 valence electrons. The van der Waals surface area contributed by atoms with Crippen molar-refractivity contribution < 1.29 is 22.1 Å². The van der Waals surface area contributed by atoms with E-state index in [0.717, 1.165) is 11.1 Å². The third-order valence-electron chi connectivity index (χ3n) is 4.26.